The smallest absolute Gasteiger partial charge is 0.332 e. The summed E-state index contributed by atoms with van der Waals surface area (Å²) >= 11 is 0. The Morgan fingerprint density at radius 2 is 1.88 bits per heavy atom. The molecule has 0 bridgehead atoms. The van der Waals surface area contributed by atoms with E-state index in [4.69, 9.17) is 14.2 Å². The first-order valence-corrected chi connectivity index (χ1v) is 13.2. The predicted octanol–water partition coefficient (Wildman–Crippen LogP) is 3.79. The van der Waals surface area contributed by atoms with Crippen molar-refractivity contribution in [1.29, 1.82) is 0 Å². The number of methoxy groups -OCH3 is 1. The van der Waals surface area contributed by atoms with Crippen molar-refractivity contribution in [3.05, 3.63) is 61.2 Å². The van der Waals surface area contributed by atoms with Crippen molar-refractivity contribution in [2.75, 3.05) is 13.7 Å². The van der Waals surface area contributed by atoms with Crippen LogP contribution in [0.25, 0.3) is 22.3 Å². The maximum Gasteiger partial charge on any atom is 0.332 e. The normalized spacial score (nSPS) is 25.1. The lowest BCUT2D eigenvalue weighted by atomic mass is 9.94. The Bertz CT molecular complexity index is 1460. The van der Waals surface area contributed by atoms with Crippen molar-refractivity contribution in [3.63, 3.8) is 0 Å². The summed E-state index contributed by atoms with van der Waals surface area (Å²) in [5.41, 5.74) is 0.184. The van der Waals surface area contributed by atoms with Crippen LogP contribution >= 0.6 is 0 Å². The van der Waals surface area contributed by atoms with Crippen LogP contribution in [0.4, 0.5) is 0 Å². The number of hydrogen-bond donors (Lipinski definition) is 2. The van der Waals surface area contributed by atoms with Gasteiger partial charge >= 0.3 is 11.9 Å². The van der Waals surface area contributed by atoms with Crippen molar-refractivity contribution in [2.45, 2.75) is 37.8 Å². The minimum absolute atomic E-state index is 0.104. The minimum atomic E-state index is -1.21. The van der Waals surface area contributed by atoms with Gasteiger partial charge in [0.25, 0.3) is 0 Å². The second-order valence-electron chi connectivity index (χ2n) is 10.1. The molecule has 0 spiro atoms. The number of carboxylic acids is 1. The van der Waals surface area contributed by atoms with Crippen LogP contribution in [0.15, 0.2) is 61.2 Å². The molecule has 2 N–H and O–H groups in total. The Hall–Kier alpha value is -4.47. The predicted molar refractivity (Wildman–Crippen MR) is 146 cm³/mol. The maximum absolute atomic E-state index is 13.4. The number of carboxylic acid groups (broad SMARTS) is 1. The number of aliphatic carboxylic acids is 1. The van der Waals surface area contributed by atoms with E-state index < -0.39 is 41.3 Å². The summed E-state index contributed by atoms with van der Waals surface area (Å²) in [6.07, 6.45) is 1.61. The molecular weight excluding hydrogens is 514 g/mol. The molecule has 0 saturated heterocycles. The lowest BCUT2D eigenvalue weighted by Crippen LogP contribution is -2.49. The van der Waals surface area contributed by atoms with Crippen molar-refractivity contribution < 1.29 is 33.7 Å². The molecule has 1 amide bonds. The number of ether oxygens (including phenoxy) is 3. The Morgan fingerprint density at radius 3 is 2.52 bits per heavy atom. The molecule has 2 aliphatic rings. The first kappa shape index (κ1) is 27.1. The van der Waals surface area contributed by atoms with Gasteiger partial charge in [0.1, 0.15) is 17.4 Å². The Labute approximate surface area is 231 Å². The molecule has 10 nitrogen and oxygen atoms in total. The number of carbonyl (C=O) groups excluding carboxylic acids is 2. The number of rotatable bonds is 10. The summed E-state index contributed by atoms with van der Waals surface area (Å²) in [5.74, 6) is -2.97. The Balaban J connectivity index is 1.42. The van der Waals surface area contributed by atoms with Crippen LogP contribution in [-0.2, 0) is 19.1 Å². The largest absolute Gasteiger partial charge is 0.497 e. The van der Waals surface area contributed by atoms with Crippen LogP contribution in [0.3, 0.4) is 0 Å². The van der Waals surface area contributed by atoms with Gasteiger partial charge in [0, 0.05) is 17.5 Å². The molecule has 5 unspecified atom stereocenters. The van der Waals surface area contributed by atoms with E-state index in [1.165, 1.54) is 0 Å². The highest BCUT2D eigenvalue weighted by Gasteiger charge is 2.62. The number of aromatic nitrogens is 2. The molecule has 0 radical (unpaired) electrons. The van der Waals surface area contributed by atoms with E-state index in [2.05, 4.69) is 21.9 Å². The molecule has 2 saturated carbocycles. The molecule has 2 fully saturated rings. The van der Waals surface area contributed by atoms with E-state index in [0.29, 0.717) is 34.8 Å². The zero-order valence-corrected chi connectivity index (χ0v) is 22.3. The molecule has 208 valence electrons. The average Bonchev–Trinajstić information content (AvgIpc) is 3.51. The van der Waals surface area contributed by atoms with Crippen LogP contribution in [0.1, 0.15) is 26.2 Å². The van der Waals surface area contributed by atoms with E-state index in [1.807, 2.05) is 30.3 Å². The van der Waals surface area contributed by atoms with Gasteiger partial charge < -0.3 is 24.6 Å². The molecule has 1 heterocycles. The van der Waals surface area contributed by atoms with Gasteiger partial charge in [-0.3, -0.25) is 9.59 Å². The fourth-order valence-corrected chi connectivity index (χ4v) is 5.40. The van der Waals surface area contributed by atoms with Gasteiger partial charge in [0.2, 0.25) is 11.8 Å². The SMILES string of the molecule is C=CC1CC1(NC(=O)C1CC(Oc2nc(-c3ccccc3)nc3cc(OC)ccc23)CC1C(=O)O)C(=O)OCC. The highest BCUT2D eigenvalue weighted by atomic mass is 16.5. The standard InChI is InChI=1S/C30H31N3O7/c1-4-18-16-30(18,29(37)39-5-2)33-26(34)22-13-20(14-23(22)28(35)36)40-27-21-12-11-19(38-3)15-24(21)31-25(32-27)17-9-7-6-8-10-17/h4,6-12,15,18,20,22-23H,1,5,13-14,16H2,2-3H3,(H,33,34)(H,35,36). The number of benzene rings is 2. The number of nitrogens with zero attached hydrogens (tertiary/aromatic N) is 2. The van der Waals surface area contributed by atoms with Crippen molar-refractivity contribution in [2.24, 2.45) is 17.8 Å². The highest BCUT2D eigenvalue weighted by Crippen LogP contribution is 2.46. The number of fused-ring (bicyclic) bond motifs is 1. The summed E-state index contributed by atoms with van der Waals surface area (Å²) < 4.78 is 16.9. The summed E-state index contributed by atoms with van der Waals surface area (Å²) in [6, 6.07) is 14.8. The lowest BCUT2D eigenvalue weighted by molar-refractivity contribution is -0.150. The summed E-state index contributed by atoms with van der Waals surface area (Å²) in [5, 5.41) is 13.4. The van der Waals surface area contributed by atoms with Crippen molar-refractivity contribution in [3.8, 4) is 23.0 Å². The van der Waals surface area contributed by atoms with E-state index in [-0.39, 0.29) is 25.4 Å². The first-order valence-electron chi connectivity index (χ1n) is 13.2. The quantitative estimate of drug-likeness (QED) is 0.288. The zero-order chi connectivity index (χ0) is 28.4. The number of nitrogens with one attached hydrogen (secondary N) is 1. The van der Waals surface area contributed by atoms with Crippen molar-refractivity contribution in [1.82, 2.24) is 15.3 Å². The summed E-state index contributed by atoms with van der Waals surface area (Å²) in [4.78, 5) is 47.6. The maximum atomic E-state index is 13.4. The molecule has 3 aromatic rings. The van der Waals surface area contributed by atoms with Crippen LogP contribution in [-0.4, -0.2) is 58.3 Å². The van der Waals surface area contributed by atoms with Gasteiger partial charge in [0.15, 0.2) is 5.82 Å². The Morgan fingerprint density at radius 1 is 1.12 bits per heavy atom. The summed E-state index contributed by atoms with van der Waals surface area (Å²) in [7, 11) is 1.57. The van der Waals surface area contributed by atoms with E-state index in [0.717, 1.165) is 5.56 Å². The zero-order valence-electron chi connectivity index (χ0n) is 22.3. The molecule has 1 aromatic heterocycles. The molecule has 5 atom stereocenters. The minimum Gasteiger partial charge on any atom is -0.497 e. The molecule has 10 heteroatoms. The molecule has 40 heavy (non-hydrogen) atoms. The van der Waals surface area contributed by atoms with Crippen LogP contribution in [0, 0.1) is 17.8 Å². The number of hydrogen-bond acceptors (Lipinski definition) is 8. The van der Waals surface area contributed by atoms with E-state index in [1.54, 1.807) is 38.3 Å². The van der Waals surface area contributed by atoms with E-state index in [9.17, 15) is 19.5 Å². The first-order chi connectivity index (χ1) is 19.3. The topological polar surface area (TPSA) is 137 Å². The van der Waals surface area contributed by atoms with Crippen LogP contribution < -0.4 is 14.8 Å². The van der Waals surface area contributed by atoms with Gasteiger partial charge in [0.05, 0.1) is 36.5 Å². The summed E-state index contributed by atoms with van der Waals surface area (Å²) in [6.45, 7) is 5.60. The molecule has 2 aliphatic carbocycles. The molecular formula is C30H31N3O7. The van der Waals surface area contributed by atoms with E-state index >= 15 is 0 Å². The fourth-order valence-electron chi connectivity index (χ4n) is 5.40. The van der Waals surface area contributed by atoms with Crippen LogP contribution in [0.5, 0.6) is 11.6 Å². The van der Waals surface area contributed by atoms with Gasteiger partial charge in [-0.2, -0.15) is 4.98 Å². The van der Waals surface area contributed by atoms with Gasteiger partial charge in [-0.1, -0.05) is 36.4 Å². The second kappa shape index (κ2) is 11.0. The third-order valence-electron chi connectivity index (χ3n) is 7.64. The molecule has 0 aliphatic heterocycles. The monoisotopic (exact) mass is 545 g/mol. The second-order valence-corrected chi connectivity index (χ2v) is 10.1. The third-order valence-corrected chi connectivity index (χ3v) is 7.64. The van der Waals surface area contributed by atoms with Gasteiger partial charge in [-0.25, -0.2) is 9.78 Å². The van der Waals surface area contributed by atoms with Crippen LogP contribution in [0.2, 0.25) is 0 Å². The molecule has 2 aromatic carbocycles. The van der Waals surface area contributed by atoms with Gasteiger partial charge in [-0.05, 0) is 38.3 Å². The Kier molecular flexibility index (Phi) is 7.42. The number of amides is 1. The van der Waals surface area contributed by atoms with Crippen molar-refractivity contribution >= 4 is 28.7 Å². The van der Waals surface area contributed by atoms with Gasteiger partial charge in [-0.15, -0.1) is 6.58 Å². The molecule has 5 rings (SSSR count). The average molecular weight is 546 g/mol. The fraction of sp³-hybridized carbons (Fsp3) is 0.367. The third kappa shape index (κ3) is 5.09. The number of carbonyl (C=O) groups is 3. The highest BCUT2D eigenvalue weighted by molar-refractivity contribution is 5.94. The lowest BCUT2D eigenvalue weighted by Gasteiger charge is -2.21. The number of esters is 1.